The summed E-state index contributed by atoms with van der Waals surface area (Å²) < 4.78 is 0. The number of hydrogen-bond donors (Lipinski definition) is 2. The lowest BCUT2D eigenvalue weighted by Crippen LogP contribution is -2.42. The Morgan fingerprint density at radius 1 is 1.07 bits per heavy atom. The zero-order chi connectivity index (χ0) is 10.7. The number of hydrogen-bond acceptors (Lipinski definition) is 2. The van der Waals surface area contributed by atoms with Gasteiger partial charge in [0.2, 0.25) is 0 Å². The zero-order valence-electron chi connectivity index (χ0n) is 9.91. The number of nitrogens with one attached hydrogen (secondary N) is 1. The second-order valence-electron chi connectivity index (χ2n) is 5.38. The van der Waals surface area contributed by atoms with Crippen LogP contribution in [0.2, 0.25) is 0 Å². The zero-order valence-corrected chi connectivity index (χ0v) is 9.91. The van der Waals surface area contributed by atoms with Crippen LogP contribution in [0.25, 0.3) is 0 Å². The molecule has 2 aliphatic rings. The Hall–Kier alpha value is -0.0800. The van der Waals surface area contributed by atoms with Crippen molar-refractivity contribution in [2.45, 2.75) is 76.5 Å². The molecule has 15 heavy (non-hydrogen) atoms. The maximum absolute atomic E-state index is 9.46. The van der Waals surface area contributed by atoms with Gasteiger partial charge in [-0.3, -0.25) is 0 Å². The summed E-state index contributed by atoms with van der Waals surface area (Å²) in [6, 6.07) is 1.46. The normalized spacial score (nSPS) is 42.0. The fourth-order valence-electron chi connectivity index (χ4n) is 3.29. The monoisotopic (exact) mass is 211 g/mol. The molecule has 0 aromatic rings. The van der Waals surface area contributed by atoms with Crippen LogP contribution < -0.4 is 5.32 Å². The van der Waals surface area contributed by atoms with E-state index in [1.54, 1.807) is 0 Å². The average molecular weight is 211 g/mol. The van der Waals surface area contributed by atoms with Gasteiger partial charge in [0, 0.05) is 12.1 Å². The van der Waals surface area contributed by atoms with E-state index < -0.39 is 0 Å². The lowest BCUT2D eigenvalue weighted by Gasteiger charge is -2.31. The summed E-state index contributed by atoms with van der Waals surface area (Å²) in [5, 5.41) is 13.3. The molecule has 2 atom stereocenters. The van der Waals surface area contributed by atoms with Crippen molar-refractivity contribution in [3.63, 3.8) is 0 Å². The van der Waals surface area contributed by atoms with Gasteiger partial charge in [0.25, 0.3) is 0 Å². The van der Waals surface area contributed by atoms with Gasteiger partial charge in [0.15, 0.2) is 0 Å². The van der Waals surface area contributed by atoms with Crippen molar-refractivity contribution in [1.29, 1.82) is 0 Å². The van der Waals surface area contributed by atoms with Crippen LogP contribution in [-0.2, 0) is 0 Å². The van der Waals surface area contributed by atoms with E-state index in [-0.39, 0.29) is 6.10 Å². The van der Waals surface area contributed by atoms with Gasteiger partial charge in [-0.25, -0.2) is 0 Å². The highest BCUT2D eigenvalue weighted by Gasteiger charge is 2.29. The molecule has 2 nitrogen and oxygen atoms in total. The predicted molar refractivity (Wildman–Crippen MR) is 62.8 cm³/mol. The van der Waals surface area contributed by atoms with Crippen LogP contribution in [0.15, 0.2) is 0 Å². The van der Waals surface area contributed by atoms with Gasteiger partial charge >= 0.3 is 0 Å². The SMILES string of the molecule is CCC1CCCC1NC1CCC(O)CC1. The maximum atomic E-state index is 9.46. The summed E-state index contributed by atoms with van der Waals surface area (Å²) in [6.07, 6.45) is 9.86. The molecule has 0 aromatic heterocycles. The maximum Gasteiger partial charge on any atom is 0.0541 e. The number of aliphatic hydroxyl groups excluding tert-OH is 1. The predicted octanol–water partition coefficient (Wildman–Crippen LogP) is 2.46. The van der Waals surface area contributed by atoms with Gasteiger partial charge in [-0.05, 0) is 44.4 Å². The molecule has 88 valence electrons. The Morgan fingerprint density at radius 2 is 1.80 bits per heavy atom. The number of rotatable bonds is 3. The summed E-state index contributed by atoms with van der Waals surface area (Å²) >= 11 is 0. The van der Waals surface area contributed by atoms with E-state index in [1.807, 2.05) is 0 Å². The van der Waals surface area contributed by atoms with E-state index in [1.165, 1.54) is 38.5 Å². The minimum atomic E-state index is -0.0198. The Labute approximate surface area is 93.5 Å². The average Bonchev–Trinajstić information content (AvgIpc) is 2.69. The third-order valence-corrected chi connectivity index (χ3v) is 4.33. The molecule has 2 saturated carbocycles. The fourth-order valence-corrected chi connectivity index (χ4v) is 3.29. The molecule has 2 unspecified atom stereocenters. The molecular formula is C13H25NO. The highest BCUT2D eigenvalue weighted by Crippen LogP contribution is 2.30. The molecule has 0 heterocycles. The van der Waals surface area contributed by atoms with Crippen LogP contribution in [-0.4, -0.2) is 23.3 Å². The molecule has 0 spiro atoms. The van der Waals surface area contributed by atoms with E-state index in [9.17, 15) is 5.11 Å². The van der Waals surface area contributed by atoms with E-state index in [4.69, 9.17) is 0 Å². The largest absolute Gasteiger partial charge is 0.393 e. The van der Waals surface area contributed by atoms with Crippen LogP contribution in [0, 0.1) is 5.92 Å². The molecule has 2 fully saturated rings. The van der Waals surface area contributed by atoms with Crippen molar-refractivity contribution in [3.05, 3.63) is 0 Å². The second-order valence-corrected chi connectivity index (χ2v) is 5.38. The molecular weight excluding hydrogens is 186 g/mol. The van der Waals surface area contributed by atoms with Gasteiger partial charge in [0.05, 0.1) is 6.10 Å². The van der Waals surface area contributed by atoms with Crippen molar-refractivity contribution >= 4 is 0 Å². The highest BCUT2D eigenvalue weighted by atomic mass is 16.3. The third kappa shape index (κ3) is 2.94. The van der Waals surface area contributed by atoms with Gasteiger partial charge in [-0.1, -0.05) is 19.8 Å². The summed E-state index contributed by atoms with van der Waals surface area (Å²) in [7, 11) is 0. The van der Waals surface area contributed by atoms with E-state index in [0.717, 1.165) is 24.8 Å². The molecule has 0 radical (unpaired) electrons. The fraction of sp³-hybridized carbons (Fsp3) is 1.00. The van der Waals surface area contributed by atoms with Crippen LogP contribution in [0.3, 0.4) is 0 Å². The minimum Gasteiger partial charge on any atom is -0.393 e. The summed E-state index contributed by atoms with van der Waals surface area (Å²) in [4.78, 5) is 0. The van der Waals surface area contributed by atoms with E-state index in [0.29, 0.717) is 6.04 Å². The smallest absolute Gasteiger partial charge is 0.0541 e. The molecule has 2 aliphatic carbocycles. The minimum absolute atomic E-state index is 0.0198. The van der Waals surface area contributed by atoms with E-state index >= 15 is 0 Å². The molecule has 0 amide bonds. The van der Waals surface area contributed by atoms with Crippen LogP contribution >= 0.6 is 0 Å². The Balaban J connectivity index is 1.76. The third-order valence-electron chi connectivity index (χ3n) is 4.33. The first kappa shape index (κ1) is 11.4. The van der Waals surface area contributed by atoms with Gasteiger partial charge in [-0.15, -0.1) is 0 Å². The van der Waals surface area contributed by atoms with Crippen molar-refractivity contribution < 1.29 is 5.11 Å². The Morgan fingerprint density at radius 3 is 2.47 bits per heavy atom. The first-order chi connectivity index (χ1) is 7.29. The molecule has 0 saturated heterocycles. The van der Waals surface area contributed by atoms with Crippen LogP contribution in [0.4, 0.5) is 0 Å². The topological polar surface area (TPSA) is 32.3 Å². The van der Waals surface area contributed by atoms with Crippen LogP contribution in [0.1, 0.15) is 58.3 Å². The van der Waals surface area contributed by atoms with Gasteiger partial charge in [0.1, 0.15) is 0 Å². The van der Waals surface area contributed by atoms with Gasteiger partial charge < -0.3 is 10.4 Å². The van der Waals surface area contributed by atoms with Crippen molar-refractivity contribution in [2.75, 3.05) is 0 Å². The first-order valence-corrected chi connectivity index (χ1v) is 6.73. The molecule has 0 aliphatic heterocycles. The first-order valence-electron chi connectivity index (χ1n) is 6.73. The second kappa shape index (κ2) is 5.31. The Bertz CT molecular complexity index is 187. The quantitative estimate of drug-likeness (QED) is 0.751. The summed E-state index contributed by atoms with van der Waals surface area (Å²) in [5.74, 6) is 0.914. The summed E-state index contributed by atoms with van der Waals surface area (Å²) in [5.41, 5.74) is 0. The van der Waals surface area contributed by atoms with Crippen molar-refractivity contribution in [1.82, 2.24) is 5.32 Å². The molecule has 2 heteroatoms. The Kier molecular flexibility index (Phi) is 4.04. The van der Waals surface area contributed by atoms with Crippen LogP contribution in [0.5, 0.6) is 0 Å². The standard InChI is InChI=1S/C13H25NO/c1-2-10-4-3-5-13(10)14-11-6-8-12(15)9-7-11/h10-15H,2-9H2,1H3. The molecule has 0 bridgehead atoms. The number of aliphatic hydroxyl groups is 1. The molecule has 2 N–H and O–H groups in total. The lowest BCUT2D eigenvalue weighted by atomic mass is 9.91. The highest BCUT2D eigenvalue weighted by molar-refractivity contribution is 4.87. The van der Waals surface area contributed by atoms with Crippen molar-refractivity contribution in [3.8, 4) is 0 Å². The van der Waals surface area contributed by atoms with E-state index in [2.05, 4.69) is 12.2 Å². The summed E-state index contributed by atoms with van der Waals surface area (Å²) in [6.45, 7) is 2.31. The lowest BCUT2D eigenvalue weighted by molar-refractivity contribution is 0.112. The van der Waals surface area contributed by atoms with Crippen molar-refractivity contribution in [2.24, 2.45) is 5.92 Å². The van der Waals surface area contributed by atoms with Gasteiger partial charge in [-0.2, -0.15) is 0 Å². The molecule has 2 rings (SSSR count). The molecule has 0 aromatic carbocycles.